The van der Waals surface area contributed by atoms with Crippen LogP contribution in [0.15, 0.2) is 114 Å². The average Bonchev–Trinajstić information content (AvgIpc) is 3.42. The van der Waals surface area contributed by atoms with Crippen molar-refractivity contribution in [2.24, 2.45) is 4.99 Å². The quantitative estimate of drug-likeness (QED) is 0.322. The minimum atomic E-state index is -1.12. The number of anilines is 2. The molecule has 2 amide bonds. The van der Waals surface area contributed by atoms with E-state index in [4.69, 9.17) is 14.5 Å². The second kappa shape index (κ2) is 9.67. The summed E-state index contributed by atoms with van der Waals surface area (Å²) in [6.45, 7) is 0.113. The number of aromatic nitrogens is 1. The van der Waals surface area contributed by atoms with Gasteiger partial charge in [-0.25, -0.2) is 4.99 Å². The van der Waals surface area contributed by atoms with Crippen LogP contribution in [0.25, 0.3) is 10.9 Å². The van der Waals surface area contributed by atoms with Crippen molar-refractivity contribution in [3.05, 3.63) is 120 Å². The lowest BCUT2D eigenvalue weighted by Crippen LogP contribution is -2.52. The Balaban J connectivity index is 1.46. The molecule has 0 spiro atoms. The van der Waals surface area contributed by atoms with E-state index in [1.165, 1.54) is 4.90 Å². The van der Waals surface area contributed by atoms with Gasteiger partial charge in [0.05, 0.1) is 28.2 Å². The number of amides is 2. The monoisotopic (exact) mass is 526 g/mol. The van der Waals surface area contributed by atoms with Gasteiger partial charge in [0.1, 0.15) is 0 Å². The molecule has 1 N–H and O–H groups in total. The zero-order valence-electron chi connectivity index (χ0n) is 21.2. The molecule has 1 atom stereocenters. The minimum absolute atomic E-state index is 0.113. The van der Waals surface area contributed by atoms with E-state index in [1.807, 2.05) is 78.9 Å². The third kappa shape index (κ3) is 4.03. The van der Waals surface area contributed by atoms with Crippen molar-refractivity contribution in [1.29, 1.82) is 0 Å². The van der Waals surface area contributed by atoms with Crippen LogP contribution in [0.5, 0.6) is 11.5 Å². The Bertz CT molecular complexity index is 1810. The van der Waals surface area contributed by atoms with Crippen molar-refractivity contribution in [1.82, 2.24) is 4.98 Å². The van der Waals surface area contributed by atoms with Crippen LogP contribution >= 0.6 is 0 Å². The number of ether oxygens (including phenoxy) is 2. The highest BCUT2D eigenvalue weighted by atomic mass is 16.7. The van der Waals surface area contributed by atoms with E-state index in [0.29, 0.717) is 56.3 Å². The molecule has 0 bridgehead atoms. The van der Waals surface area contributed by atoms with Crippen LogP contribution in [0.2, 0.25) is 0 Å². The lowest BCUT2D eigenvalue weighted by atomic mass is 9.98. The number of carbonyl (C=O) groups excluding carboxylic acids is 2. The highest BCUT2D eigenvalue weighted by molar-refractivity contribution is 6.29. The topological polar surface area (TPSA) is 93.1 Å². The summed E-state index contributed by atoms with van der Waals surface area (Å²) in [7, 11) is 0. The molecular weight excluding hydrogens is 504 g/mol. The number of nitrogens with zero attached hydrogens (tertiary/aromatic N) is 3. The molecule has 8 heteroatoms. The summed E-state index contributed by atoms with van der Waals surface area (Å²) in [6.07, 6.45) is 1.61. The zero-order valence-corrected chi connectivity index (χ0v) is 21.2. The Morgan fingerprint density at radius 2 is 1.62 bits per heavy atom. The van der Waals surface area contributed by atoms with E-state index in [0.717, 1.165) is 0 Å². The summed E-state index contributed by atoms with van der Waals surface area (Å²) in [5, 5.41) is 3.69. The van der Waals surface area contributed by atoms with Crippen molar-refractivity contribution in [2.45, 2.75) is 6.04 Å². The summed E-state index contributed by atoms with van der Waals surface area (Å²) in [6, 6.07) is 29.9. The van der Waals surface area contributed by atoms with E-state index in [1.54, 1.807) is 30.5 Å². The minimum Gasteiger partial charge on any atom is -0.454 e. The van der Waals surface area contributed by atoms with Crippen LogP contribution in [0.3, 0.4) is 0 Å². The molecule has 5 aromatic rings. The van der Waals surface area contributed by atoms with Crippen LogP contribution in [-0.2, 0) is 4.79 Å². The Hall–Kier alpha value is -5.50. The van der Waals surface area contributed by atoms with Crippen molar-refractivity contribution in [3.8, 4) is 11.5 Å². The molecule has 0 radical (unpaired) electrons. The Morgan fingerprint density at radius 1 is 0.850 bits per heavy atom. The fourth-order valence-electron chi connectivity index (χ4n) is 5.10. The Morgan fingerprint density at radius 3 is 2.52 bits per heavy atom. The molecule has 0 fully saturated rings. The maximum atomic E-state index is 14.6. The number of rotatable bonds is 4. The number of carbonyl (C=O) groups is 2. The van der Waals surface area contributed by atoms with Crippen LogP contribution in [0.4, 0.5) is 17.1 Å². The molecule has 0 saturated heterocycles. The highest BCUT2D eigenvalue weighted by Gasteiger charge is 2.39. The number of nitrogens with one attached hydrogen (secondary N) is 1. The van der Waals surface area contributed by atoms with Gasteiger partial charge in [-0.05, 0) is 54.6 Å². The number of para-hydroxylation sites is 4. The molecule has 194 valence electrons. The molecule has 40 heavy (non-hydrogen) atoms. The molecule has 1 aromatic heterocycles. The van der Waals surface area contributed by atoms with Crippen molar-refractivity contribution >= 4 is 45.5 Å². The third-order valence-corrected chi connectivity index (χ3v) is 6.97. The normalized spacial score (nSPS) is 15.6. The molecule has 0 aliphatic carbocycles. The number of aliphatic imine (C=N–C) groups is 1. The molecular formula is C32H22N4O4. The molecule has 0 saturated carbocycles. The summed E-state index contributed by atoms with van der Waals surface area (Å²) < 4.78 is 11.1. The van der Waals surface area contributed by atoms with Crippen LogP contribution < -0.4 is 19.7 Å². The number of hydrogen-bond acceptors (Lipinski definition) is 6. The average molecular weight is 527 g/mol. The Kier molecular flexibility index (Phi) is 5.70. The van der Waals surface area contributed by atoms with Crippen molar-refractivity contribution in [2.75, 3.05) is 17.0 Å². The van der Waals surface area contributed by atoms with E-state index >= 15 is 0 Å². The second-order valence-corrected chi connectivity index (χ2v) is 9.36. The standard InChI is InChI=1S/C32H22N4O4/c37-31-30(29(34-25-12-6-7-13-26(25)35-31)20-14-15-27-28(18-20)40-19-39-27)36(21-8-2-1-3-9-21)32(38)23-16-17-33-24-11-5-4-10-22(23)24/h1-18,30H,19H2,(H,35,37). The van der Waals surface area contributed by atoms with Gasteiger partial charge in [0.15, 0.2) is 17.5 Å². The van der Waals surface area contributed by atoms with Gasteiger partial charge >= 0.3 is 0 Å². The summed E-state index contributed by atoms with van der Waals surface area (Å²) in [5.74, 6) is 0.412. The molecule has 8 nitrogen and oxygen atoms in total. The smallest absolute Gasteiger partial charge is 0.260 e. The first-order valence-corrected chi connectivity index (χ1v) is 12.8. The van der Waals surface area contributed by atoms with Gasteiger partial charge in [0.2, 0.25) is 6.79 Å². The number of benzene rings is 4. The first-order valence-electron chi connectivity index (χ1n) is 12.8. The van der Waals surface area contributed by atoms with E-state index in [-0.39, 0.29) is 12.7 Å². The summed E-state index contributed by atoms with van der Waals surface area (Å²) in [5.41, 5.74) is 3.83. The first kappa shape index (κ1) is 23.6. The van der Waals surface area contributed by atoms with Gasteiger partial charge in [-0.1, -0.05) is 48.5 Å². The maximum Gasteiger partial charge on any atom is 0.260 e. The van der Waals surface area contributed by atoms with Gasteiger partial charge in [0, 0.05) is 22.8 Å². The fourth-order valence-corrected chi connectivity index (χ4v) is 5.10. The maximum absolute atomic E-state index is 14.6. The van der Waals surface area contributed by atoms with Crippen LogP contribution in [0.1, 0.15) is 15.9 Å². The number of fused-ring (bicyclic) bond motifs is 3. The SMILES string of the molecule is O=C1Nc2ccccc2N=C(c2ccc3c(c2)OCO3)C1N(C(=O)c1ccnc2ccccc12)c1ccccc1. The predicted molar refractivity (Wildman–Crippen MR) is 153 cm³/mol. The van der Waals surface area contributed by atoms with E-state index in [9.17, 15) is 9.59 Å². The van der Waals surface area contributed by atoms with Gasteiger partial charge in [-0.2, -0.15) is 0 Å². The summed E-state index contributed by atoms with van der Waals surface area (Å²) >= 11 is 0. The van der Waals surface area contributed by atoms with E-state index < -0.39 is 11.9 Å². The van der Waals surface area contributed by atoms with Crippen LogP contribution in [-0.4, -0.2) is 35.3 Å². The van der Waals surface area contributed by atoms with Gasteiger partial charge < -0.3 is 14.8 Å². The van der Waals surface area contributed by atoms with Gasteiger partial charge in [-0.15, -0.1) is 0 Å². The molecule has 1 unspecified atom stereocenters. The fraction of sp³-hybridized carbons (Fsp3) is 0.0625. The molecule has 4 aromatic carbocycles. The van der Waals surface area contributed by atoms with E-state index in [2.05, 4.69) is 10.3 Å². The van der Waals surface area contributed by atoms with Crippen molar-refractivity contribution in [3.63, 3.8) is 0 Å². The Labute approximate surface area is 229 Å². The molecule has 7 rings (SSSR count). The van der Waals surface area contributed by atoms with Crippen molar-refractivity contribution < 1.29 is 19.1 Å². The highest BCUT2D eigenvalue weighted by Crippen LogP contribution is 2.37. The summed E-state index contributed by atoms with van der Waals surface area (Å²) in [4.78, 5) is 39.6. The lowest BCUT2D eigenvalue weighted by molar-refractivity contribution is -0.116. The zero-order chi connectivity index (χ0) is 27.1. The number of hydrogen-bond donors (Lipinski definition) is 1. The molecule has 2 aliphatic rings. The molecule has 3 heterocycles. The van der Waals surface area contributed by atoms with Gasteiger partial charge in [0.25, 0.3) is 11.8 Å². The second-order valence-electron chi connectivity index (χ2n) is 9.36. The first-order chi connectivity index (χ1) is 19.7. The third-order valence-electron chi connectivity index (χ3n) is 6.97. The molecule has 2 aliphatic heterocycles. The largest absolute Gasteiger partial charge is 0.454 e. The van der Waals surface area contributed by atoms with Crippen LogP contribution in [0, 0.1) is 0 Å². The lowest BCUT2D eigenvalue weighted by Gasteiger charge is -2.31. The number of pyridine rings is 1. The predicted octanol–water partition coefficient (Wildman–Crippen LogP) is 5.75. The van der Waals surface area contributed by atoms with Gasteiger partial charge in [-0.3, -0.25) is 19.5 Å².